The number of rotatable bonds is 4. The van der Waals surface area contributed by atoms with E-state index in [4.69, 9.17) is 22.4 Å². The summed E-state index contributed by atoms with van der Waals surface area (Å²) in [7, 11) is 0. The topological polar surface area (TPSA) is 76.2 Å². The van der Waals surface area contributed by atoms with Gasteiger partial charge in [-0.05, 0) is 5.56 Å². The van der Waals surface area contributed by atoms with Crippen molar-refractivity contribution in [2.45, 2.75) is 19.4 Å². The van der Waals surface area contributed by atoms with Gasteiger partial charge in [-0.2, -0.15) is 0 Å². The maximum atomic E-state index is 12.8. The summed E-state index contributed by atoms with van der Waals surface area (Å²) in [5.74, 6) is -1.25. The number of carboxylic acids is 1. The highest BCUT2D eigenvalue weighted by atomic mass is 35.5. The molecule has 88 valence electrons. The zero-order chi connectivity index (χ0) is 12.3. The number of carbonyl (C=O) groups is 1. The van der Waals surface area contributed by atoms with Crippen molar-refractivity contribution in [3.63, 3.8) is 0 Å². The Morgan fingerprint density at radius 2 is 2.25 bits per heavy atom. The van der Waals surface area contributed by atoms with Crippen LogP contribution < -0.4 is 5.73 Å². The van der Waals surface area contributed by atoms with Crippen LogP contribution in [-0.4, -0.2) is 16.1 Å². The number of nitrogens with zero attached hydrogens (tertiary/aromatic N) is 1. The standard InChI is InChI=1S/C9H9ClF2N2O2/c10-8-5(1-6(15)16)7(9(11)12)4(2-13)3-14-8/h3,9H,1-2,13H2,(H,15,16). The molecule has 16 heavy (non-hydrogen) atoms. The number of nitrogens with two attached hydrogens (primary N) is 1. The highest BCUT2D eigenvalue weighted by Crippen LogP contribution is 2.30. The van der Waals surface area contributed by atoms with E-state index < -0.39 is 24.4 Å². The number of halogens is 3. The van der Waals surface area contributed by atoms with E-state index in [0.717, 1.165) is 6.20 Å². The van der Waals surface area contributed by atoms with Crippen LogP contribution in [0.3, 0.4) is 0 Å². The molecule has 1 heterocycles. The lowest BCUT2D eigenvalue weighted by Crippen LogP contribution is -2.11. The van der Waals surface area contributed by atoms with Crippen molar-refractivity contribution in [1.82, 2.24) is 4.98 Å². The monoisotopic (exact) mass is 250 g/mol. The summed E-state index contributed by atoms with van der Waals surface area (Å²) in [6.45, 7) is -0.142. The fourth-order valence-corrected chi connectivity index (χ4v) is 1.56. The third kappa shape index (κ3) is 2.65. The van der Waals surface area contributed by atoms with Crippen molar-refractivity contribution in [3.05, 3.63) is 28.0 Å². The van der Waals surface area contributed by atoms with Crippen molar-refractivity contribution in [3.8, 4) is 0 Å². The van der Waals surface area contributed by atoms with E-state index in [0.29, 0.717) is 0 Å². The molecule has 0 saturated carbocycles. The summed E-state index contributed by atoms with van der Waals surface area (Å²) in [5.41, 5.74) is 4.78. The Labute approximate surface area is 95.0 Å². The van der Waals surface area contributed by atoms with Gasteiger partial charge in [0.2, 0.25) is 0 Å². The van der Waals surface area contributed by atoms with E-state index in [2.05, 4.69) is 4.98 Å². The van der Waals surface area contributed by atoms with Gasteiger partial charge >= 0.3 is 5.97 Å². The summed E-state index contributed by atoms with van der Waals surface area (Å²) in [6.07, 6.45) is -2.29. The van der Waals surface area contributed by atoms with Crippen LogP contribution in [0, 0.1) is 0 Å². The van der Waals surface area contributed by atoms with Crippen molar-refractivity contribution in [1.29, 1.82) is 0 Å². The molecule has 1 rings (SSSR count). The summed E-state index contributed by atoms with van der Waals surface area (Å²) < 4.78 is 25.5. The average Bonchev–Trinajstić information content (AvgIpc) is 2.19. The van der Waals surface area contributed by atoms with Crippen molar-refractivity contribution >= 4 is 17.6 Å². The summed E-state index contributed by atoms with van der Waals surface area (Å²) in [4.78, 5) is 14.2. The van der Waals surface area contributed by atoms with E-state index in [9.17, 15) is 13.6 Å². The summed E-state index contributed by atoms with van der Waals surface area (Å²) in [5, 5.41) is 8.37. The molecule has 4 nitrogen and oxygen atoms in total. The van der Waals surface area contributed by atoms with Crippen LogP contribution in [0.25, 0.3) is 0 Å². The maximum Gasteiger partial charge on any atom is 0.307 e. The van der Waals surface area contributed by atoms with Crippen molar-refractivity contribution < 1.29 is 18.7 Å². The van der Waals surface area contributed by atoms with E-state index in [1.807, 2.05) is 0 Å². The lowest BCUT2D eigenvalue weighted by atomic mass is 10.0. The van der Waals surface area contributed by atoms with Gasteiger partial charge in [0.15, 0.2) is 0 Å². The van der Waals surface area contributed by atoms with E-state index in [1.165, 1.54) is 0 Å². The summed E-state index contributed by atoms with van der Waals surface area (Å²) >= 11 is 5.60. The van der Waals surface area contributed by atoms with Crippen molar-refractivity contribution in [2.75, 3.05) is 0 Å². The Hall–Kier alpha value is -1.27. The lowest BCUT2D eigenvalue weighted by molar-refractivity contribution is -0.136. The van der Waals surface area contributed by atoms with Gasteiger partial charge in [-0.3, -0.25) is 4.79 Å². The number of hydrogen-bond donors (Lipinski definition) is 2. The SMILES string of the molecule is NCc1cnc(Cl)c(CC(=O)O)c1C(F)F. The molecule has 0 atom stereocenters. The van der Waals surface area contributed by atoms with Gasteiger partial charge in [-0.1, -0.05) is 11.6 Å². The average molecular weight is 251 g/mol. The quantitative estimate of drug-likeness (QED) is 0.799. The van der Waals surface area contributed by atoms with Gasteiger partial charge in [-0.25, -0.2) is 13.8 Å². The largest absolute Gasteiger partial charge is 0.481 e. The number of alkyl halides is 2. The molecule has 0 fully saturated rings. The van der Waals surface area contributed by atoms with Crippen LogP contribution in [0.5, 0.6) is 0 Å². The summed E-state index contributed by atoms with van der Waals surface area (Å²) in [6, 6.07) is 0. The molecule has 0 aliphatic carbocycles. The maximum absolute atomic E-state index is 12.8. The Kier molecular flexibility index (Phi) is 4.14. The van der Waals surface area contributed by atoms with Gasteiger partial charge < -0.3 is 10.8 Å². The third-order valence-electron chi connectivity index (χ3n) is 2.02. The molecule has 1 aromatic rings. The van der Waals surface area contributed by atoms with Crippen molar-refractivity contribution in [2.24, 2.45) is 5.73 Å². The number of hydrogen-bond acceptors (Lipinski definition) is 3. The first kappa shape index (κ1) is 12.8. The predicted molar refractivity (Wildman–Crippen MR) is 53.4 cm³/mol. The zero-order valence-electron chi connectivity index (χ0n) is 8.08. The predicted octanol–water partition coefficient (Wildman–Crippen LogP) is 1.76. The highest BCUT2D eigenvalue weighted by Gasteiger charge is 2.22. The molecule has 0 radical (unpaired) electrons. The second kappa shape index (κ2) is 5.18. The van der Waals surface area contributed by atoms with Crippen LogP contribution in [0.15, 0.2) is 6.20 Å². The molecule has 0 spiro atoms. The molecule has 0 unspecified atom stereocenters. The smallest absolute Gasteiger partial charge is 0.307 e. The molecular weight excluding hydrogens is 242 g/mol. The first-order chi connectivity index (χ1) is 7.47. The Morgan fingerprint density at radius 1 is 1.62 bits per heavy atom. The Bertz CT molecular complexity index is 413. The Balaban J connectivity index is 3.35. The number of aliphatic carboxylic acids is 1. The number of aromatic nitrogens is 1. The zero-order valence-corrected chi connectivity index (χ0v) is 8.84. The van der Waals surface area contributed by atoms with Gasteiger partial charge in [0, 0.05) is 23.9 Å². The third-order valence-corrected chi connectivity index (χ3v) is 2.35. The first-order valence-electron chi connectivity index (χ1n) is 4.33. The molecule has 0 aliphatic heterocycles. The molecular formula is C9H9ClF2N2O2. The Morgan fingerprint density at radius 3 is 2.69 bits per heavy atom. The molecule has 0 amide bonds. The van der Waals surface area contributed by atoms with Crippen LogP contribution in [0.4, 0.5) is 8.78 Å². The van der Waals surface area contributed by atoms with E-state index >= 15 is 0 Å². The van der Waals surface area contributed by atoms with E-state index in [-0.39, 0.29) is 22.8 Å². The van der Waals surface area contributed by atoms with Crippen LogP contribution in [0.2, 0.25) is 5.15 Å². The number of pyridine rings is 1. The van der Waals surface area contributed by atoms with Crippen LogP contribution in [0.1, 0.15) is 23.1 Å². The molecule has 3 N–H and O–H groups in total. The van der Waals surface area contributed by atoms with E-state index in [1.54, 1.807) is 0 Å². The van der Waals surface area contributed by atoms with Gasteiger partial charge in [-0.15, -0.1) is 0 Å². The molecule has 0 aromatic carbocycles. The second-order valence-corrected chi connectivity index (χ2v) is 3.40. The molecule has 0 bridgehead atoms. The fourth-order valence-electron chi connectivity index (χ4n) is 1.34. The normalized spacial score (nSPS) is 10.8. The minimum Gasteiger partial charge on any atom is -0.481 e. The minimum absolute atomic E-state index is 0.107. The lowest BCUT2D eigenvalue weighted by Gasteiger charge is -2.12. The second-order valence-electron chi connectivity index (χ2n) is 3.04. The van der Waals surface area contributed by atoms with Crippen LogP contribution >= 0.6 is 11.6 Å². The highest BCUT2D eigenvalue weighted by molar-refractivity contribution is 6.30. The first-order valence-corrected chi connectivity index (χ1v) is 4.71. The van der Waals surface area contributed by atoms with Gasteiger partial charge in [0.1, 0.15) is 5.15 Å². The fraction of sp³-hybridized carbons (Fsp3) is 0.333. The number of carboxylic acid groups (broad SMARTS) is 1. The van der Waals surface area contributed by atoms with Gasteiger partial charge in [0.25, 0.3) is 6.43 Å². The molecule has 0 aliphatic rings. The van der Waals surface area contributed by atoms with Gasteiger partial charge in [0.05, 0.1) is 6.42 Å². The molecule has 7 heteroatoms. The molecule has 0 saturated heterocycles. The molecule has 1 aromatic heterocycles. The van der Waals surface area contributed by atoms with Crippen LogP contribution in [-0.2, 0) is 17.8 Å². The minimum atomic E-state index is -2.83.